The van der Waals surface area contributed by atoms with Crippen molar-refractivity contribution in [2.24, 2.45) is 0 Å². The van der Waals surface area contributed by atoms with Crippen LogP contribution in [0, 0.1) is 0 Å². The van der Waals surface area contributed by atoms with Gasteiger partial charge in [-0.25, -0.2) is 4.79 Å². The van der Waals surface area contributed by atoms with Gasteiger partial charge in [-0.15, -0.1) is 0 Å². The van der Waals surface area contributed by atoms with Crippen LogP contribution in [-0.4, -0.2) is 26.8 Å². The van der Waals surface area contributed by atoms with E-state index < -0.39 is 5.97 Å². The molecule has 0 bridgehead atoms. The first-order chi connectivity index (χ1) is 11.1. The second-order valence-corrected chi connectivity index (χ2v) is 4.72. The molecule has 0 saturated carbocycles. The lowest BCUT2D eigenvalue weighted by atomic mass is 10.1. The first kappa shape index (κ1) is 16.5. The number of methoxy groups -OCH3 is 2. The summed E-state index contributed by atoms with van der Waals surface area (Å²) in [6, 6.07) is 10.4. The molecule has 122 valence electrons. The summed E-state index contributed by atoms with van der Waals surface area (Å²) in [4.78, 5) is 12.1. The molecular formula is C17H20N2O4. The molecule has 0 unspecified atom stereocenters. The highest BCUT2D eigenvalue weighted by molar-refractivity contribution is 5.97. The molecular weight excluding hydrogens is 296 g/mol. The highest BCUT2D eigenvalue weighted by atomic mass is 16.5. The molecule has 6 heteroatoms. The van der Waals surface area contributed by atoms with Gasteiger partial charge in [0.2, 0.25) is 0 Å². The zero-order valence-corrected chi connectivity index (χ0v) is 13.4. The van der Waals surface area contributed by atoms with E-state index in [9.17, 15) is 4.79 Å². The number of benzene rings is 2. The number of hydrogen-bond donors (Lipinski definition) is 2. The Morgan fingerprint density at radius 2 is 1.83 bits per heavy atom. The summed E-state index contributed by atoms with van der Waals surface area (Å²) in [5.74, 6) is 0.834. The summed E-state index contributed by atoms with van der Waals surface area (Å²) in [6.07, 6.45) is 0. The Morgan fingerprint density at radius 3 is 2.48 bits per heavy atom. The maximum atomic E-state index is 12.1. The fourth-order valence-electron chi connectivity index (χ4n) is 2.10. The summed E-state index contributed by atoms with van der Waals surface area (Å²) < 4.78 is 15.6. The molecule has 0 atom stereocenters. The smallest absolute Gasteiger partial charge is 0.340 e. The molecule has 23 heavy (non-hydrogen) atoms. The van der Waals surface area contributed by atoms with Crippen LogP contribution in [0.2, 0.25) is 0 Å². The number of esters is 1. The lowest BCUT2D eigenvalue weighted by Gasteiger charge is -2.15. The van der Waals surface area contributed by atoms with Crippen molar-refractivity contribution in [3.8, 4) is 11.5 Å². The lowest BCUT2D eigenvalue weighted by molar-refractivity contribution is 0.0527. The summed E-state index contributed by atoms with van der Waals surface area (Å²) in [5.41, 5.74) is 7.91. The molecule has 0 aromatic heterocycles. The number of nitrogens with one attached hydrogen (secondary N) is 1. The van der Waals surface area contributed by atoms with Gasteiger partial charge in [0, 0.05) is 11.8 Å². The van der Waals surface area contributed by atoms with E-state index >= 15 is 0 Å². The third kappa shape index (κ3) is 3.85. The van der Waals surface area contributed by atoms with E-state index in [2.05, 4.69) is 5.32 Å². The van der Waals surface area contributed by atoms with Crippen LogP contribution >= 0.6 is 0 Å². The van der Waals surface area contributed by atoms with E-state index in [4.69, 9.17) is 19.9 Å². The average Bonchev–Trinajstić information content (AvgIpc) is 2.56. The Balaban J connectivity index is 2.38. The van der Waals surface area contributed by atoms with E-state index in [1.165, 1.54) is 0 Å². The molecule has 0 amide bonds. The monoisotopic (exact) mass is 316 g/mol. The van der Waals surface area contributed by atoms with Gasteiger partial charge in [-0.1, -0.05) is 0 Å². The van der Waals surface area contributed by atoms with Gasteiger partial charge in [0.05, 0.1) is 37.8 Å². The molecule has 0 aliphatic carbocycles. The van der Waals surface area contributed by atoms with Crippen LogP contribution in [0.15, 0.2) is 36.4 Å². The van der Waals surface area contributed by atoms with Gasteiger partial charge in [-0.05, 0) is 37.3 Å². The molecule has 6 nitrogen and oxygen atoms in total. The maximum Gasteiger partial charge on any atom is 0.340 e. The third-order valence-corrected chi connectivity index (χ3v) is 3.22. The fraction of sp³-hybridized carbons (Fsp3) is 0.235. The summed E-state index contributed by atoms with van der Waals surface area (Å²) >= 11 is 0. The van der Waals surface area contributed by atoms with E-state index in [1.807, 2.05) is 6.07 Å². The van der Waals surface area contributed by atoms with Crippen LogP contribution in [0.4, 0.5) is 17.1 Å². The summed E-state index contributed by atoms with van der Waals surface area (Å²) in [6.45, 7) is 2.04. The zero-order valence-electron chi connectivity index (χ0n) is 13.4. The Hall–Kier alpha value is -2.89. The minimum absolute atomic E-state index is 0.291. The molecule has 0 aliphatic heterocycles. The van der Waals surface area contributed by atoms with Gasteiger partial charge < -0.3 is 25.3 Å². The Labute approximate surface area is 135 Å². The number of anilines is 3. The van der Waals surface area contributed by atoms with E-state index in [1.54, 1.807) is 51.5 Å². The fourth-order valence-corrected chi connectivity index (χ4v) is 2.10. The lowest BCUT2D eigenvalue weighted by Crippen LogP contribution is -2.09. The van der Waals surface area contributed by atoms with Gasteiger partial charge >= 0.3 is 5.97 Å². The van der Waals surface area contributed by atoms with E-state index in [0.29, 0.717) is 40.7 Å². The third-order valence-electron chi connectivity index (χ3n) is 3.22. The molecule has 0 saturated heterocycles. The van der Waals surface area contributed by atoms with Crippen LogP contribution in [0.1, 0.15) is 17.3 Å². The van der Waals surface area contributed by atoms with Crippen molar-refractivity contribution in [1.82, 2.24) is 0 Å². The maximum absolute atomic E-state index is 12.1. The first-order valence-electron chi connectivity index (χ1n) is 7.14. The zero-order chi connectivity index (χ0) is 16.8. The molecule has 0 aliphatic rings. The van der Waals surface area contributed by atoms with Crippen LogP contribution in [0.5, 0.6) is 11.5 Å². The summed E-state index contributed by atoms with van der Waals surface area (Å²) in [7, 11) is 3.15. The van der Waals surface area contributed by atoms with Crippen molar-refractivity contribution in [2.45, 2.75) is 6.92 Å². The molecule has 0 spiro atoms. The second kappa shape index (κ2) is 7.40. The van der Waals surface area contributed by atoms with Crippen molar-refractivity contribution in [3.05, 3.63) is 42.0 Å². The number of nitrogen functional groups attached to an aromatic ring is 1. The normalized spacial score (nSPS) is 10.0. The molecule has 2 rings (SSSR count). The minimum Gasteiger partial charge on any atom is -0.497 e. The minimum atomic E-state index is -0.435. The van der Waals surface area contributed by atoms with Crippen molar-refractivity contribution in [1.29, 1.82) is 0 Å². The van der Waals surface area contributed by atoms with Gasteiger partial charge in [-0.3, -0.25) is 0 Å². The predicted molar refractivity (Wildman–Crippen MR) is 89.6 cm³/mol. The van der Waals surface area contributed by atoms with E-state index in [-0.39, 0.29) is 0 Å². The predicted octanol–water partition coefficient (Wildman–Crippen LogP) is 3.21. The Kier molecular flexibility index (Phi) is 5.30. The van der Waals surface area contributed by atoms with Gasteiger partial charge in [0.25, 0.3) is 0 Å². The molecule has 0 heterocycles. The highest BCUT2D eigenvalue weighted by Gasteiger charge is 2.15. The van der Waals surface area contributed by atoms with E-state index in [0.717, 1.165) is 0 Å². The highest BCUT2D eigenvalue weighted by Crippen LogP contribution is 2.33. The molecule has 2 aromatic rings. The van der Waals surface area contributed by atoms with Gasteiger partial charge in [-0.2, -0.15) is 0 Å². The molecule has 3 N–H and O–H groups in total. The van der Waals surface area contributed by atoms with Crippen LogP contribution in [0.3, 0.4) is 0 Å². The van der Waals surface area contributed by atoms with Crippen molar-refractivity contribution < 1.29 is 19.0 Å². The molecule has 0 fully saturated rings. The van der Waals surface area contributed by atoms with Gasteiger partial charge in [0.15, 0.2) is 0 Å². The molecule has 0 radical (unpaired) electrons. The Morgan fingerprint density at radius 1 is 1.09 bits per heavy atom. The first-order valence-corrected chi connectivity index (χ1v) is 7.14. The number of carbonyl (C=O) groups is 1. The summed E-state index contributed by atoms with van der Waals surface area (Å²) in [5, 5.41) is 3.17. The number of rotatable bonds is 6. The van der Waals surface area contributed by atoms with Crippen molar-refractivity contribution in [2.75, 3.05) is 31.9 Å². The van der Waals surface area contributed by atoms with Gasteiger partial charge in [0.1, 0.15) is 11.5 Å². The SMILES string of the molecule is CCOC(=O)c1cc(N)ccc1Nc1ccc(OC)cc1OC. The standard InChI is InChI=1S/C17H20N2O4/c1-4-23-17(20)13-9-11(18)5-7-14(13)19-15-8-6-12(21-2)10-16(15)22-3/h5-10,19H,4,18H2,1-3H3. The number of hydrogen-bond acceptors (Lipinski definition) is 6. The van der Waals surface area contributed by atoms with Crippen LogP contribution in [0.25, 0.3) is 0 Å². The number of nitrogens with two attached hydrogens (primary N) is 1. The van der Waals surface area contributed by atoms with Crippen molar-refractivity contribution >= 4 is 23.0 Å². The number of carbonyl (C=O) groups excluding carboxylic acids is 1. The quantitative estimate of drug-likeness (QED) is 0.629. The molecule has 2 aromatic carbocycles. The van der Waals surface area contributed by atoms with Crippen LogP contribution in [-0.2, 0) is 4.74 Å². The van der Waals surface area contributed by atoms with Crippen molar-refractivity contribution in [3.63, 3.8) is 0 Å². The second-order valence-electron chi connectivity index (χ2n) is 4.72. The van der Waals surface area contributed by atoms with Crippen LogP contribution < -0.4 is 20.5 Å². The Bertz CT molecular complexity index is 701. The average molecular weight is 316 g/mol. The number of ether oxygens (including phenoxy) is 3. The largest absolute Gasteiger partial charge is 0.497 e. The topological polar surface area (TPSA) is 82.8 Å².